The number of piperidine rings is 1. The average Bonchev–Trinajstić information content (AvgIpc) is 3.34. The minimum Gasteiger partial charge on any atom is -0.354 e. The smallest absolute Gasteiger partial charge is 0.242 e. The summed E-state index contributed by atoms with van der Waals surface area (Å²) in [4.78, 5) is 31.3. The molecule has 1 aliphatic rings. The van der Waals surface area contributed by atoms with Crippen LogP contribution in [0.15, 0.2) is 47.8 Å². The molecule has 0 bridgehead atoms. The second-order valence-corrected chi connectivity index (χ2v) is 8.40. The number of amides is 2. The molecule has 2 aromatic heterocycles. The molecule has 3 heterocycles. The molecule has 2 N–H and O–H groups in total. The van der Waals surface area contributed by atoms with Crippen molar-refractivity contribution in [3.63, 3.8) is 0 Å². The molecule has 1 atom stereocenters. The van der Waals surface area contributed by atoms with Crippen molar-refractivity contribution in [2.45, 2.75) is 25.3 Å². The number of thiazole rings is 1. The van der Waals surface area contributed by atoms with Gasteiger partial charge < -0.3 is 10.6 Å². The lowest BCUT2D eigenvalue weighted by Gasteiger charge is -2.22. The molecule has 0 saturated carbocycles. The first-order valence-corrected chi connectivity index (χ1v) is 10.6. The van der Waals surface area contributed by atoms with Gasteiger partial charge in [-0.25, -0.2) is 4.98 Å². The Morgan fingerprint density at radius 2 is 2.07 bits per heavy atom. The van der Waals surface area contributed by atoms with Crippen LogP contribution in [0.1, 0.15) is 17.7 Å². The summed E-state index contributed by atoms with van der Waals surface area (Å²) < 4.78 is 0. The largest absolute Gasteiger partial charge is 0.354 e. The van der Waals surface area contributed by atoms with Crippen LogP contribution in [0, 0.1) is 0 Å². The van der Waals surface area contributed by atoms with E-state index in [1.807, 2.05) is 47.8 Å². The summed E-state index contributed by atoms with van der Waals surface area (Å²) in [5.41, 5.74) is 1.90. The van der Waals surface area contributed by atoms with Crippen LogP contribution >= 0.6 is 22.7 Å². The van der Waals surface area contributed by atoms with Gasteiger partial charge in [0.15, 0.2) is 0 Å². The van der Waals surface area contributed by atoms with Crippen molar-refractivity contribution in [2.75, 3.05) is 6.54 Å². The molecule has 4 rings (SSSR count). The molecule has 2 amide bonds. The topological polar surface area (TPSA) is 71.1 Å². The van der Waals surface area contributed by atoms with Crippen molar-refractivity contribution >= 4 is 34.5 Å². The maximum Gasteiger partial charge on any atom is 0.242 e. The standard InChI is InChI=1S/C20H19N3O2S2/c24-17(22-14-8-4-10-21-19(14)25)12-16-18(15-9-5-11-26-15)23-20(27-16)13-6-2-1-3-7-13/h1-3,5-7,9,11,14H,4,8,10,12H2,(H,21,25)(H,22,24). The van der Waals surface area contributed by atoms with E-state index in [4.69, 9.17) is 4.98 Å². The maximum atomic E-state index is 12.6. The van der Waals surface area contributed by atoms with Crippen LogP contribution in [-0.2, 0) is 16.0 Å². The molecule has 5 nitrogen and oxygen atoms in total. The van der Waals surface area contributed by atoms with Gasteiger partial charge in [0.1, 0.15) is 11.0 Å². The fraction of sp³-hybridized carbons (Fsp3) is 0.250. The molecular formula is C20H19N3O2S2. The Labute approximate surface area is 165 Å². The molecule has 0 aliphatic carbocycles. The number of nitrogens with one attached hydrogen (secondary N) is 2. The predicted molar refractivity (Wildman–Crippen MR) is 109 cm³/mol. The summed E-state index contributed by atoms with van der Waals surface area (Å²) in [5.74, 6) is -0.236. The van der Waals surface area contributed by atoms with Crippen molar-refractivity contribution < 1.29 is 9.59 Å². The highest BCUT2D eigenvalue weighted by atomic mass is 32.1. The lowest BCUT2D eigenvalue weighted by Crippen LogP contribution is -2.50. The van der Waals surface area contributed by atoms with E-state index in [1.54, 1.807) is 11.3 Å². The number of hydrogen-bond acceptors (Lipinski definition) is 5. The van der Waals surface area contributed by atoms with Crippen molar-refractivity contribution in [1.29, 1.82) is 0 Å². The number of thiophene rings is 1. The predicted octanol–water partition coefficient (Wildman–Crippen LogP) is 3.48. The summed E-state index contributed by atoms with van der Waals surface area (Å²) in [6.45, 7) is 0.684. The van der Waals surface area contributed by atoms with E-state index in [0.717, 1.165) is 32.4 Å². The van der Waals surface area contributed by atoms with Crippen molar-refractivity contribution in [2.24, 2.45) is 0 Å². The Bertz CT molecular complexity index is 936. The van der Waals surface area contributed by atoms with Gasteiger partial charge in [-0.05, 0) is 24.3 Å². The third-order valence-electron chi connectivity index (χ3n) is 4.41. The van der Waals surface area contributed by atoms with E-state index in [9.17, 15) is 9.59 Å². The Balaban J connectivity index is 1.58. The molecule has 1 saturated heterocycles. The highest BCUT2D eigenvalue weighted by Crippen LogP contribution is 2.36. The van der Waals surface area contributed by atoms with E-state index >= 15 is 0 Å². The lowest BCUT2D eigenvalue weighted by atomic mass is 10.1. The van der Waals surface area contributed by atoms with Crippen LogP contribution < -0.4 is 10.6 Å². The summed E-state index contributed by atoms with van der Waals surface area (Å²) in [5, 5.41) is 8.58. The van der Waals surface area contributed by atoms with Crippen molar-refractivity contribution in [3.05, 3.63) is 52.7 Å². The molecule has 1 unspecified atom stereocenters. The van der Waals surface area contributed by atoms with Crippen LogP contribution in [-0.4, -0.2) is 29.4 Å². The number of carbonyl (C=O) groups excluding carboxylic acids is 2. The minimum atomic E-state index is -0.432. The number of nitrogens with zero attached hydrogens (tertiary/aromatic N) is 1. The highest BCUT2D eigenvalue weighted by molar-refractivity contribution is 7.17. The summed E-state index contributed by atoms with van der Waals surface area (Å²) >= 11 is 3.15. The number of benzene rings is 1. The van der Waals surface area contributed by atoms with Crippen LogP contribution in [0.25, 0.3) is 21.1 Å². The quantitative estimate of drug-likeness (QED) is 0.692. The SMILES string of the molecule is O=C(Cc1sc(-c2ccccc2)nc1-c1cccs1)NC1CCCNC1=O. The van der Waals surface area contributed by atoms with E-state index in [-0.39, 0.29) is 18.2 Å². The highest BCUT2D eigenvalue weighted by Gasteiger charge is 2.25. The third kappa shape index (κ3) is 4.09. The molecule has 7 heteroatoms. The molecule has 138 valence electrons. The summed E-state index contributed by atoms with van der Waals surface area (Å²) in [6, 6.07) is 13.5. The second kappa shape index (κ2) is 8.02. The fourth-order valence-electron chi connectivity index (χ4n) is 3.08. The zero-order valence-corrected chi connectivity index (χ0v) is 16.2. The Morgan fingerprint density at radius 1 is 1.22 bits per heavy atom. The van der Waals surface area contributed by atoms with Crippen LogP contribution in [0.2, 0.25) is 0 Å². The van der Waals surface area contributed by atoms with E-state index in [2.05, 4.69) is 10.6 Å². The Hall–Kier alpha value is -2.51. The third-order valence-corrected chi connectivity index (χ3v) is 6.40. The maximum absolute atomic E-state index is 12.6. The zero-order valence-electron chi connectivity index (χ0n) is 14.6. The molecular weight excluding hydrogens is 378 g/mol. The van der Waals surface area contributed by atoms with Gasteiger partial charge in [0, 0.05) is 17.0 Å². The van der Waals surface area contributed by atoms with Crippen LogP contribution in [0.3, 0.4) is 0 Å². The van der Waals surface area contributed by atoms with Gasteiger partial charge in [-0.1, -0.05) is 36.4 Å². The normalized spacial score (nSPS) is 16.7. The van der Waals surface area contributed by atoms with Gasteiger partial charge in [0.05, 0.1) is 17.0 Å². The first-order valence-electron chi connectivity index (χ1n) is 8.87. The van der Waals surface area contributed by atoms with Gasteiger partial charge in [-0.3, -0.25) is 9.59 Å². The van der Waals surface area contributed by atoms with Crippen LogP contribution in [0.5, 0.6) is 0 Å². The van der Waals surface area contributed by atoms with Crippen molar-refractivity contribution in [1.82, 2.24) is 15.6 Å². The molecule has 0 spiro atoms. The first kappa shape index (κ1) is 17.9. The number of aromatic nitrogens is 1. The number of rotatable bonds is 5. The fourth-order valence-corrected chi connectivity index (χ4v) is 4.97. The Morgan fingerprint density at radius 3 is 2.81 bits per heavy atom. The molecule has 0 radical (unpaired) electrons. The van der Waals surface area contributed by atoms with E-state index in [1.165, 1.54) is 11.3 Å². The van der Waals surface area contributed by atoms with E-state index in [0.29, 0.717) is 13.0 Å². The van der Waals surface area contributed by atoms with Gasteiger partial charge in [0.2, 0.25) is 11.8 Å². The van der Waals surface area contributed by atoms with Gasteiger partial charge in [-0.15, -0.1) is 22.7 Å². The average molecular weight is 398 g/mol. The number of hydrogen-bond donors (Lipinski definition) is 2. The second-order valence-electron chi connectivity index (χ2n) is 6.36. The van der Waals surface area contributed by atoms with E-state index < -0.39 is 6.04 Å². The molecule has 1 fully saturated rings. The van der Waals surface area contributed by atoms with Crippen molar-refractivity contribution in [3.8, 4) is 21.1 Å². The summed E-state index contributed by atoms with van der Waals surface area (Å²) in [6.07, 6.45) is 1.80. The van der Waals surface area contributed by atoms with Gasteiger partial charge in [-0.2, -0.15) is 0 Å². The molecule has 27 heavy (non-hydrogen) atoms. The Kier molecular flexibility index (Phi) is 5.31. The van der Waals surface area contributed by atoms with Gasteiger partial charge >= 0.3 is 0 Å². The van der Waals surface area contributed by atoms with Gasteiger partial charge in [0.25, 0.3) is 0 Å². The zero-order chi connectivity index (χ0) is 18.6. The molecule has 1 aliphatic heterocycles. The number of carbonyl (C=O) groups is 2. The van der Waals surface area contributed by atoms with Crippen LogP contribution in [0.4, 0.5) is 0 Å². The monoisotopic (exact) mass is 397 g/mol. The minimum absolute atomic E-state index is 0.0950. The first-order chi connectivity index (χ1) is 13.2. The summed E-state index contributed by atoms with van der Waals surface area (Å²) in [7, 11) is 0. The lowest BCUT2D eigenvalue weighted by molar-refractivity contribution is -0.129. The molecule has 3 aromatic rings. The molecule has 1 aromatic carbocycles.